The highest BCUT2D eigenvalue weighted by Crippen LogP contribution is 2.32. The Bertz CT molecular complexity index is 830. The predicted molar refractivity (Wildman–Crippen MR) is 105 cm³/mol. The van der Waals surface area contributed by atoms with Gasteiger partial charge in [-0.25, -0.2) is 8.42 Å². The minimum absolute atomic E-state index is 0.0433. The van der Waals surface area contributed by atoms with Gasteiger partial charge in [-0.05, 0) is 31.4 Å². The van der Waals surface area contributed by atoms with Gasteiger partial charge in [-0.3, -0.25) is 9.59 Å². The molecule has 2 aliphatic heterocycles. The molecule has 2 heterocycles. The van der Waals surface area contributed by atoms with Crippen LogP contribution in [0.3, 0.4) is 0 Å². The molecule has 4 rings (SSSR count). The number of benzene rings is 1. The van der Waals surface area contributed by atoms with E-state index >= 15 is 0 Å². The number of carbonyl (C=O) groups excluding carboxylic acids is 2. The van der Waals surface area contributed by atoms with Crippen LogP contribution in [0.15, 0.2) is 30.3 Å². The zero-order valence-corrected chi connectivity index (χ0v) is 16.9. The van der Waals surface area contributed by atoms with Crippen LogP contribution in [0, 0.1) is 0 Å². The van der Waals surface area contributed by atoms with Crippen molar-refractivity contribution < 1.29 is 22.9 Å². The van der Waals surface area contributed by atoms with Crippen LogP contribution in [0.1, 0.15) is 29.6 Å². The lowest BCUT2D eigenvalue weighted by Crippen LogP contribution is -3.16. The molecule has 3 fully saturated rings. The van der Waals surface area contributed by atoms with Crippen molar-refractivity contribution in [1.29, 1.82) is 0 Å². The average Bonchev–Trinajstić information content (AvgIpc) is 3.45. The van der Waals surface area contributed by atoms with Gasteiger partial charge in [0.15, 0.2) is 16.4 Å². The molecule has 2 saturated heterocycles. The Balaban J connectivity index is 1.31. The van der Waals surface area contributed by atoms with E-state index < -0.39 is 9.84 Å². The normalized spacial score (nSPS) is 24.9. The number of nitrogens with zero attached hydrogens (tertiary/aromatic N) is 2. The largest absolute Gasteiger partial charge is 0.331 e. The summed E-state index contributed by atoms with van der Waals surface area (Å²) in [6.45, 7) is 3.15. The first-order valence-corrected chi connectivity index (χ1v) is 11.9. The number of rotatable bonds is 5. The Morgan fingerprint density at radius 2 is 1.71 bits per heavy atom. The summed E-state index contributed by atoms with van der Waals surface area (Å²) in [6, 6.07) is 9.36. The lowest BCUT2D eigenvalue weighted by atomic mass is 10.1. The first-order chi connectivity index (χ1) is 13.4. The molecule has 0 bridgehead atoms. The Labute approximate surface area is 166 Å². The first kappa shape index (κ1) is 19.4. The molecule has 1 aromatic rings. The number of carbonyl (C=O) groups is 2. The lowest BCUT2D eigenvalue weighted by Gasteiger charge is -2.34. The highest BCUT2D eigenvalue weighted by Gasteiger charge is 2.43. The molecule has 1 aromatic carbocycles. The predicted octanol–water partition coefficient (Wildman–Crippen LogP) is -0.795. The van der Waals surface area contributed by atoms with Gasteiger partial charge < -0.3 is 14.7 Å². The molecule has 7 nitrogen and oxygen atoms in total. The monoisotopic (exact) mass is 406 g/mol. The topological polar surface area (TPSA) is 79.2 Å². The van der Waals surface area contributed by atoms with Gasteiger partial charge in [0.05, 0.1) is 37.7 Å². The van der Waals surface area contributed by atoms with E-state index in [2.05, 4.69) is 0 Å². The second-order valence-corrected chi connectivity index (χ2v) is 10.4. The van der Waals surface area contributed by atoms with Crippen LogP contribution in [0.2, 0.25) is 0 Å². The Morgan fingerprint density at radius 3 is 2.29 bits per heavy atom. The second kappa shape index (κ2) is 7.83. The van der Waals surface area contributed by atoms with Crippen molar-refractivity contribution in [3.05, 3.63) is 35.9 Å². The standard InChI is InChI=1S/C20H27N3O4S/c24-19(23(17-6-7-17)18-8-13-28(26,27)15-18)14-21-9-11-22(12-10-21)20(25)16-4-2-1-3-5-16/h1-5,17-18H,6-15H2/p+1/t18-/m1/s1. The van der Waals surface area contributed by atoms with E-state index in [4.69, 9.17) is 0 Å². The van der Waals surface area contributed by atoms with Crippen LogP contribution >= 0.6 is 0 Å². The van der Waals surface area contributed by atoms with Gasteiger partial charge in [-0.1, -0.05) is 18.2 Å². The molecule has 0 spiro atoms. The van der Waals surface area contributed by atoms with Gasteiger partial charge in [-0.15, -0.1) is 0 Å². The van der Waals surface area contributed by atoms with Gasteiger partial charge in [0.1, 0.15) is 0 Å². The third-order valence-corrected chi connectivity index (χ3v) is 7.76. The van der Waals surface area contributed by atoms with E-state index in [0.717, 1.165) is 25.9 Å². The summed E-state index contributed by atoms with van der Waals surface area (Å²) in [5, 5.41) is 0. The van der Waals surface area contributed by atoms with E-state index in [1.54, 1.807) is 0 Å². The van der Waals surface area contributed by atoms with Crippen molar-refractivity contribution in [2.45, 2.75) is 31.3 Å². The van der Waals surface area contributed by atoms with Crippen LogP contribution in [0.4, 0.5) is 0 Å². The van der Waals surface area contributed by atoms with E-state index in [1.807, 2.05) is 40.1 Å². The molecule has 0 unspecified atom stereocenters. The Hall–Kier alpha value is -1.93. The SMILES string of the molecule is O=C(c1ccccc1)N1CC[NH+](CC(=O)N(C2CC2)[C@@H]2CCS(=O)(=O)C2)CC1. The number of piperazine rings is 1. The van der Waals surface area contributed by atoms with Crippen molar-refractivity contribution in [3.8, 4) is 0 Å². The highest BCUT2D eigenvalue weighted by atomic mass is 32.2. The molecule has 1 N–H and O–H groups in total. The Kier molecular flexibility index (Phi) is 5.42. The molecule has 1 aliphatic carbocycles. The minimum atomic E-state index is -3.00. The van der Waals surface area contributed by atoms with Crippen LogP contribution in [0.5, 0.6) is 0 Å². The minimum Gasteiger partial charge on any atom is -0.331 e. The number of hydrogen-bond donors (Lipinski definition) is 1. The molecule has 0 radical (unpaired) electrons. The van der Waals surface area contributed by atoms with Crippen LogP contribution < -0.4 is 4.90 Å². The maximum atomic E-state index is 13.0. The lowest BCUT2D eigenvalue weighted by molar-refractivity contribution is -0.896. The van der Waals surface area contributed by atoms with E-state index in [9.17, 15) is 18.0 Å². The third-order valence-electron chi connectivity index (χ3n) is 6.01. The van der Waals surface area contributed by atoms with Gasteiger partial charge in [0.25, 0.3) is 11.8 Å². The van der Waals surface area contributed by atoms with Crippen molar-refractivity contribution in [1.82, 2.24) is 9.80 Å². The van der Waals surface area contributed by atoms with Crippen molar-refractivity contribution in [3.63, 3.8) is 0 Å². The molecule has 2 amide bonds. The summed E-state index contributed by atoms with van der Waals surface area (Å²) < 4.78 is 23.7. The fourth-order valence-electron chi connectivity index (χ4n) is 4.32. The summed E-state index contributed by atoms with van der Waals surface area (Å²) in [7, 11) is -3.00. The van der Waals surface area contributed by atoms with Crippen LogP contribution in [-0.2, 0) is 14.6 Å². The zero-order chi connectivity index (χ0) is 19.7. The molecule has 28 heavy (non-hydrogen) atoms. The van der Waals surface area contributed by atoms with Crippen molar-refractivity contribution >= 4 is 21.7 Å². The number of amides is 2. The zero-order valence-electron chi connectivity index (χ0n) is 16.0. The van der Waals surface area contributed by atoms with E-state index in [0.29, 0.717) is 31.6 Å². The van der Waals surface area contributed by atoms with Gasteiger partial charge in [0, 0.05) is 17.6 Å². The fraction of sp³-hybridized carbons (Fsp3) is 0.600. The molecule has 0 aromatic heterocycles. The summed E-state index contributed by atoms with van der Waals surface area (Å²) in [5.41, 5.74) is 0.698. The van der Waals surface area contributed by atoms with Crippen molar-refractivity contribution in [2.75, 3.05) is 44.2 Å². The summed E-state index contributed by atoms with van der Waals surface area (Å²) in [4.78, 5) is 30.4. The summed E-state index contributed by atoms with van der Waals surface area (Å²) in [5.74, 6) is 0.426. The fourth-order valence-corrected chi connectivity index (χ4v) is 6.04. The first-order valence-electron chi connectivity index (χ1n) is 10.1. The average molecular weight is 407 g/mol. The summed E-state index contributed by atoms with van der Waals surface area (Å²) in [6.07, 6.45) is 2.53. The van der Waals surface area contributed by atoms with E-state index in [-0.39, 0.29) is 35.4 Å². The van der Waals surface area contributed by atoms with Crippen molar-refractivity contribution in [2.24, 2.45) is 0 Å². The van der Waals surface area contributed by atoms with Gasteiger partial charge in [-0.2, -0.15) is 0 Å². The quantitative estimate of drug-likeness (QED) is 0.695. The van der Waals surface area contributed by atoms with Gasteiger partial charge >= 0.3 is 0 Å². The smallest absolute Gasteiger partial charge is 0.278 e. The Morgan fingerprint density at radius 1 is 1.04 bits per heavy atom. The third kappa shape index (κ3) is 4.38. The molecule has 152 valence electrons. The molecule has 1 atom stereocenters. The maximum Gasteiger partial charge on any atom is 0.278 e. The number of sulfone groups is 1. The van der Waals surface area contributed by atoms with E-state index in [1.165, 1.54) is 4.90 Å². The molecule has 1 saturated carbocycles. The number of hydrogen-bond acceptors (Lipinski definition) is 4. The maximum absolute atomic E-state index is 13.0. The van der Waals surface area contributed by atoms with Crippen LogP contribution in [-0.4, -0.2) is 86.3 Å². The molecule has 8 heteroatoms. The molecular formula is C20H28N3O4S+. The van der Waals surface area contributed by atoms with Gasteiger partial charge in [0.2, 0.25) is 0 Å². The summed E-state index contributed by atoms with van der Waals surface area (Å²) >= 11 is 0. The second-order valence-electron chi connectivity index (χ2n) is 8.17. The molecule has 3 aliphatic rings. The number of nitrogens with one attached hydrogen (secondary N) is 1. The van der Waals surface area contributed by atoms with Crippen LogP contribution in [0.25, 0.3) is 0 Å². The highest BCUT2D eigenvalue weighted by molar-refractivity contribution is 7.91. The number of quaternary nitrogens is 1. The molecular weight excluding hydrogens is 378 g/mol.